The van der Waals surface area contributed by atoms with Crippen LogP contribution in [0.2, 0.25) is 0 Å². The lowest BCUT2D eigenvalue weighted by Gasteiger charge is -2.13. The fraction of sp³-hybridized carbons (Fsp3) is 0.438. The number of carbonyl (C=O) groups is 1. The smallest absolute Gasteiger partial charge is 0.257 e. The van der Waals surface area contributed by atoms with E-state index in [0.717, 1.165) is 24.9 Å². The van der Waals surface area contributed by atoms with Crippen LogP contribution >= 0.6 is 0 Å². The highest BCUT2D eigenvalue weighted by Gasteiger charge is 2.21. The minimum Gasteiger partial charge on any atom is -0.346 e. The molecule has 1 saturated heterocycles. The zero-order valence-corrected chi connectivity index (χ0v) is 12.6. The third kappa shape index (κ3) is 3.51. The summed E-state index contributed by atoms with van der Waals surface area (Å²) < 4.78 is 5.26. The van der Waals surface area contributed by atoms with Crippen molar-refractivity contribution in [2.45, 2.75) is 38.3 Å². The summed E-state index contributed by atoms with van der Waals surface area (Å²) in [7, 11) is 0. The average Bonchev–Trinajstić information content (AvgIpc) is 3.19. The van der Waals surface area contributed by atoms with Crippen molar-refractivity contribution < 1.29 is 9.32 Å². The van der Waals surface area contributed by atoms with Crippen molar-refractivity contribution in [3.8, 4) is 11.5 Å². The van der Waals surface area contributed by atoms with Gasteiger partial charge >= 0.3 is 0 Å². The van der Waals surface area contributed by atoms with E-state index in [1.54, 1.807) is 0 Å². The van der Waals surface area contributed by atoms with Crippen LogP contribution < -0.4 is 10.6 Å². The Kier molecular flexibility index (Phi) is 4.48. The predicted octanol–water partition coefficient (Wildman–Crippen LogP) is 2.06. The zero-order chi connectivity index (χ0) is 15.4. The van der Waals surface area contributed by atoms with Crippen LogP contribution in [0.3, 0.4) is 0 Å². The molecule has 0 spiro atoms. The second kappa shape index (κ2) is 6.70. The molecule has 3 rings (SSSR count). The van der Waals surface area contributed by atoms with Crippen LogP contribution in [0.5, 0.6) is 0 Å². The summed E-state index contributed by atoms with van der Waals surface area (Å²) in [6, 6.07) is 9.60. The first kappa shape index (κ1) is 14.7. The number of hydrogen-bond acceptors (Lipinski definition) is 5. The number of rotatable bonds is 5. The van der Waals surface area contributed by atoms with Crippen molar-refractivity contribution in [2.75, 3.05) is 6.54 Å². The molecule has 2 N–H and O–H groups in total. The van der Waals surface area contributed by atoms with Crippen LogP contribution in [-0.4, -0.2) is 28.6 Å². The molecule has 1 amide bonds. The molecular weight excluding hydrogens is 280 g/mol. The standard InChI is InChI=1S/C16H20N4O2/c1-11(18-14(21)10-13-8-5-9-17-13)15-19-16(22-20-15)12-6-3-2-4-7-12/h2-4,6-7,11,13,17H,5,8-10H2,1H3,(H,18,21). The van der Waals surface area contributed by atoms with Crippen LogP contribution in [-0.2, 0) is 4.79 Å². The molecule has 0 radical (unpaired) electrons. The molecule has 1 aromatic heterocycles. The topological polar surface area (TPSA) is 80.0 Å². The molecule has 116 valence electrons. The normalized spacial score (nSPS) is 19.0. The van der Waals surface area contributed by atoms with E-state index >= 15 is 0 Å². The summed E-state index contributed by atoms with van der Waals surface area (Å²) in [5.74, 6) is 0.971. The van der Waals surface area contributed by atoms with Gasteiger partial charge in [-0.25, -0.2) is 0 Å². The van der Waals surface area contributed by atoms with Gasteiger partial charge in [0.25, 0.3) is 5.89 Å². The van der Waals surface area contributed by atoms with E-state index in [-0.39, 0.29) is 18.0 Å². The minimum atomic E-state index is -0.268. The maximum atomic E-state index is 12.0. The van der Waals surface area contributed by atoms with Crippen molar-refractivity contribution >= 4 is 5.91 Å². The highest BCUT2D eigenvalue weighted by Crippen LogP contribution is 2.19. The fourth-order valence-corrected chi connectivity index (χ4v) is 2.63. The van der Waals surface area contributed by atoms with E-state index in [1.807, 2.05) is 37.3 Å². The molecule has 2 aromatic rings. The number of aromatic nitrogens is 2. The Morgan fingerprint density at radius 3 is 3.00 bits per heavy atom. The van der Waals surface area contributed by atoms with Crippen LogP contribution in [0.15, 0.2) is 34.9 Å². The Balaban J connectivity index is 1.59. The molecule has 6 nitrogen and oxygen atoms in total. The van der Waals surface area contributed by atoms with Crippen molar-refractivity contribution in [1.29, 1.82) is 0 Å². The zero-order valence-electron chi connectivity index (χ0n) is 12.6. The van der Waals surface area contributed by atoms with E-state index in [1.165, 1.54) is 0 Å². The molecule has 22 heavy (non-hydrogen) atoms. The van der Waals surface area contributed by atoms with E-state index in [9.17, 15) is 4.79 Å². The van der Waals surface area contributed by atoms with Gasteiger partial charge in [-0.2, -0.15) is 4.98 Å². The van der Waals surface area contributed by atoms with Crippen molar-refractivity contribution in [3.05, 3.63) is 36.2 Å². The highest BCUT2D eigenvalue weighted by atomic mass is 16.5. The van der Waals surface area contributed by atoms with Gasteiger partial charge in [0.1, 0.15) is 0 Å². The molecule has 2 heterocycles. The molecular formula is C16H20N4O2. The first-order chi connectivity index (χ1) is 10.7. The Hall–Kier alpha value is -2.21. The lowest BCUT2D eigenvalue weighted by atomic mass is 10.1. The summed E-state index contributed by atoms with van der Waals surface area (Å²) in [6.07, 6.45) is 2.69. The average molecular weight is 300 g/mol. The van der Waals surface area contributed by atoms with Crippen molar-refractivity contribution in [3.63, 3.8) is 0 Å². The number of nitrogens with zero attached hydrogens (tertiary/aromatic N) is 2. The van der Waals surface area contributed by atoms with Gasteiger partial charge in [-0.15, -0.1) is 0 Å². The van der Waals surface area contributed by atoms with Crippen LogP contribution in [0.4, 0.5) is 0 Å². The number of nitrogens with one attached hydrogen (secondary N) is 2. The SMILES string of the molecule is CC(NC(=O)CC1CCCN1)c1noc(-c2ccccc2)n1. The number of carbonyl (C=O) groups excluding carboxylic acids is 1. The van der Waals surface area contributed by atoms with E-state index in [4.69, 9.17) is 4.52 Å². The van der Waals surface area contributed by atoms with Gasteiger partial charge in [-0.05, 0) is 38.4 Å². The Morgan fingerprint density at radius 2 is 2.27 bits per heavy atom. The Morgan fingerprint density at radius 1 is 1.45 bits per heavy atom. The maximum Gasteiger partial charge on any atom is 0.257 e. The van der Waals surface area contributed by atoms with Crippen LogP contribution in [0.25, 0.3) is 11.5 Å². The molecule has 0 aliphatic carbocycles. The first-order valence-electron chi connectivity index (χ1n) is 7.64. The molecule has 6 heteroatoms. The molecule has 2 unspecified atom stereocenters. The fourth-order valence-electron chi connectivity index (χ4n) is 2.63. The van der Waals surface area contributed by atoms with Gasteiger partial charge in [0.05, 0.1) is 6.04 Å². The van der Waals surface area contributed by atoms with Gasteiger partial charge in [0, 0.05) is 18.0 Å². The minimum absolute atomic E-state index is 0.0120. The van der Waals surface area contributed by atoms with Gasteiger partial charge in [0.15, 0.2) is 5.82 Å². The number of hydrogen-bond donors (Lipinski definition) is 2. The Labute approximate surface area is 129 Å². The quantitative estimate of drug-likeness (QED) is 0.883. The van der Waals surface area contributed by atoms with E-state index in [2.05, 4.69) is 20.8 Å². The number of benzene rings is 1. The van der Waals surface area contributed by atoms with E-state index < -0.39 is 0 Å². The summed E-state index contributed by atoms with van der Waals surface area (Å²) >= 11 is 0. The summed E-state index contributed by atoms with van der Waals surface area (Å²) in [6.45, 7) is 2.86. The largest absolute Gasteiger partial charge is 0.346 e. The summed E-state index contributed by atoms with van der Waals surface area (Å²) in [5.41, 5.74) is 0.870. The lowest BCUT2D eigenvalue weighted by Crippen LogP contribution is -2.33. The molecule has 1 aromatic carbocycles. The molecule has 1 fully saturated rings. The van der Waals surface area contributed by atoms with Gasteiger partial charge < -0.3 is 15.2 Å². The number of amides is 1. The molecule has 1 aliphatic rings. The molecule has 0 bridgehead atoms. The molecule has 2 atom stereocenters. The second-order valence-electron chi connectivity index (χ2n) is 5.61. The van der Waals surface area contributed by atoms with Gasteiger partial charge in [-0.3, -0.25) is 4.79 Å². The third-order valence-electron chi connectivity index (χ3n) is 3.82. The maximum absolute atomic E-state index is 12.0. The molecule has 0 saturated carbocycles. The molecule has 1 aliphatic heterocycles. The van der Waals surface area contributed by atoms with Crippen LogP contribution in [0.1, 0.15) is 38.1 Å². The van der Waals surface area contributed by atoms with E-state index in [0.29, 0.717) is 18.1 Å². The van der Waals surface area contributed by atoms with Crippen LogP contribution in [0, 0.1) is 0 Å². The van der Waals surface area contributed by atoms with Gasteiger partial charge in [0.2, 0.25) is 5.91 Å². The third-order valence-corrected chi connectivity index (χ3v) is 3.82. The van der Waals surface area contributed by atoms with Crippen molar-refractivity contribution in [1.82, 2.24) is 20.8 Å². The summed E-state index contributed by atoms with van der Waals surface area (Å²) in [4.78, 5) is 16.4. The summed E-state index contributed by atoms with van der Waals surface area (Å²) in [5, 5.41) is 10.2. The van der Waals surface area contributed by atoms with Gasteiger partial charge in [-0.1, -0.05) is 23.4 Å². The predicted molar refractivity (Wildman–Crippen MR) is 81.9 cm³/mol. The lowest BCUT2D eigenvalue weighted by molar-refractivity contribution is -0.122. The van der Waals surface area contributed by atoms with Crippen molar-refractivity contribution in [2.24, 2.45) is 0 Å². The first-order valence-corrected chi connectivity index (χ1v) is 7.64. The second-order valence-corrected chi connectivity index (χ2v) is 5.61. The Bertz CT molecular complexity index is 620. The monoisotopic (exact) mass is 300 g/mol. The highest BCUT2D eigenvalue weighted by molar-refractivity contribution is 5.77.